The molecule has 1 N–H and O–H groups in total. The van der Waals surface area contributed by atoms with Gasteiger partial charge in [0.2, 0.25) is 0 Å². The summed E-state index contributed by atoms with van der Waals surface area (Å²) in [7, 11) is 0. The van der Waals surface area contributed by atoms with E-state index in [2.05, 4.69) is 35.3 Å². The summed E-state index contributed by atoms with van der Waals surface area (Å²) in [5, 5.41) is 3.20. The molecule has 1 atom stereocenters. The van der Waals surface area contributed by atoms with Crippen LogP contribution in [0.3, 0.4) is 0 Å². The molecule has 1 fully saturated rings. The van der Waals surface area contributed by atoms with Crippen LogP contribution in [0.4, 0.5) is 5.69 Å². The van der Waals surface area contributed by atoms with Crippen molar-refractivity contribution in [3.05, 3.63) is 65.7 Å². The molecule has 0 saturated carbocycles. The van der Waals surface area contributed by atoms with Crippen molar-refractivity contribution in [3.63, 3.8) is 0 Å². The minimum Gasteiger partial charge on any atom is -0.378 e. The van der Waals surface area contributed by atoms with Crippen LogP contribution in [0.15, 0.2) is 54.6 Å². The van der Waals surface area contributed by atoms with E-state index in [4.69, 9.17) is 4.74 Å². The third-order valence-corrected chi connectivity index (χ3v) is 4.57. The Morgan fingerprint density at radius 2 is 1.88 bits per heavy atom. The molecule has 1 aliphatic heterocycles. The van der Waals surface area contributed by atoms with Crippen LogP contribution < -0.4 is 10.2 Å². The molecule has 0 aliphatic carbocycles. The highest BCUT2D eigenvalue weighted by molar-refractivity contribution is 5.95. The van der Waals surface area contributed by atoms with Crippen LogP contribution in [-0.4, -0.2) is 32.2 Å². The van der Waals surface area contributed by atoms with E-state index in [1.807, 2.05) is 36.4 Å². The van der Waals surface area contributed by atoms with Crippen LogP contribution in [0.1, 0.15) is 41.7 Å². The molecule has 3 rings (SSSR count). The van der Waals surface area contributed by atoms with E-state index in [0.717, 1.165) is 50.4 Å². The predicted octanol–water partition coefficient (Wildman–Crippen LogP) is 3.79. The van der Waals surface area contributed by atoms with Crippen LogP contribution >= 0.6 is 0 Å². The van der Waals surface area contributed by atoms with E-state index in [-0.39, 0.29) is 11.9 Å². The van der Waals surface area contributed by atoms with Gasteiger partial charge in [-0.1, -0.05) is 49.7 Å². The first-order valence-electron chi connectivity index (χ1n) is 9.06. The van der Waals surface area contributed by atoms with Gasteiger partial charge in [-0.15, -0.1) is 0 Å². The molecule has 0 radical (unpaired) electrons. The lowest BCUT2D eigenvalue weighted by Gasteiger charge is -2.29. The lowest BCUT2D eigenvalue weighted by molar-refractivity contribution is 0.0934. The van der Waals surface area contributed by atoms with Crippen molar-refractivity contribution in [2.24, 2.45) is 0 Å². The maximum absolute atomic E-state index is 12.8. The molecule has 2 aromatic rings. The monoisotopic (exact) mass is 338 g/mol. The summed E-state index contributed by atoms with van der Waals surface area (Å²) in [5.41, 5.74) is 2.95. The summed E-state index contributed by atoms with van der Waals surface area (Å²) in [4.78, 5) is 15.0. The van der Waals surface area contributed by atoms with Gasteiger partial charge in [0.25, 0.3) is 5.91 Å². The topological polar surface area (TPSA) is 41.6 Å². The van der Waals surface area contributed by atoms with Crippen LogP contribution in [0.25, 0.3) is 0 Å². The molecular formula is C21H26N2O2. The Morgan fingerprint density at radius 3 is 2.60 bits per heavy atom. The third kappa shape index (κ3) is 4.60. The van der Waals surface area contributed by atoms with Crippen LogP contribution in [0, 0.1) is 0 Å². The standard InChI is InChI=1S/C21H26N2O2/c1-2-7-20(17-8-4-3-5-9-17)22-21(24)18-10-6-11-19(16-18)23-12-14-25-15-13-23/h3-6,8-11,16,20H,2,7,12-15H2,1H3,(H,22,24). The Morgan fingerprint density at radius 1 is 1.12 bits per heavy atom. The fourth-order valence-corrected chi connectivity index (χ4v) is 3.20. The first-order chi connectivity index (χ1) is 12.3. The lowest BCUT2D eigenvalue weighted by atomic mass is 10.0. The molecule has 1 amide bonds. The SMILES string of the molecule is CCCC(NC(=O)c1cccc(N2CCOCC2)c1)c1ccccc1. The molecule has 1 unspecified atom stereocenters. The van der Waals surface area contributed by atoms with Crippen LogP contribution in [0.5, 0.6) is 0 Å². The van der Waals surface area contributed by atoms with Gasteiger partial charge in [-0.05, 0) is 30.2 Å². The molecule has 1 aliphatic rings. The van der Waals surface area contributed by atoms with Crippen molar-refractivity contribution in [1.82, 2.24) is 5.32 Å². The summed E-state index contributed by atoms with van der Waals surface area (Å²) in [6.45, 7) is 5.36. The minimum absolute atomic E-state index is 0.0163. The number of amides is 1. The van der Waals surface area contributed by atoms with Crippen molar-refractivity contribution in [3.8, 4) is 0 Å². The third-order valence-electron chi connectivity index (χ3n) is 4.57. The minimum atomic E-state index is -0.0163. The van der Waals surface area contributed by atoms with Gasteiger partial charge in [0, 0.05) is 24.3 Å². The maximum atomic E-state index is 12.8. The molecule has 132 valence electrons. The van der Waals surface area contributed by atoms with Gasteiger partial charge < -0.3 is 15.0 Å². The smallest absolute Gasteiger partial charge is 0.251 e. The number of nitrogens with one attached hydrogen (secondary N) is 1. The highest BCUT2D eigenvalue weighted by atomic mass is 16.5. The number of anilines is 1. The average Bonchev–Trinajstić information content (AvgIpc) is 2.69. The summed E-state index contributed by atoms with van der Waals surface area (Å²) in [6.07, 6.45) is 1.95. The molecule has 4 nitrogen and oxygen atoms in total. The molecule has 25 heavy (non-hydrogen) atoms. The number of carbonyl (C=O) groups is 1. The number of carbonyl (C=O) groups excluding carboxylic acids is 1. The van der Waals surface area contributed by atoms with Gasteiger partial charge in [-0.2, -0.15) is 0 Å². The number of nitrogens with zero attached hydrogens (tertiary/aromatic N) is 1. The van der Waals surface area contributed by atoms with Crippen molar-refractivity contribution in [1.29, 1.82) is 0 Å². The Bertz CT molecular complexity index is 681. The molecule has 1 heterocycles. The van der Waals surface area contributed by atoms with Crippen molar-refractivity contribution in [2.75, 3.05) is 31.2 Å². The first kappa shape index (κ1) is 17.5. The van der Waals surface area contributed by atoms with Crippen LogP contribution in [-0.2, 0) is 4.74 Å². The highest BCUT2D eigenvalue weighted by Crippen LogP contribution is 2.21. The van der Waals surface area contributed by atoms with E-state index < -0.39 is 0 Å². The second-order valence-electron chi connectivity index (χ2n) is 6.38. The number of hydrogen-bond donors (Lipinski definition) is 1. The van der Waals surface area contributed by atoms with Gasteiger partial charge >= 0.3 is 0 Å². The van der Waals surface area contributed by atoms with E-state index in [0.29, 0.717) is 5.56 Å². The van der Waals surface area contributed by atoms with E-state index in [1.54, 1.807) is 0 Å². The number of hydrogen-bond acceptors (Lipinski definition) is 3. The Balaban J connectivity index is 1.73. The van der Waals surface area contributed by atoms with E-state index in [9.17, 15) is 4.79 Å². The van der Waals surface area contributed by atoms with Gasteiger partial charge in [0.15, 0.2) is 0 Å². The fourth-order valence-electron chi connectivity index (χ4n) is 3.20. The van der Waals surface area contributed by atoms with Gasteiger partial charge in [-0.25, -0.2) is 0 Å². The zero-order chi connectivity index (χ0) is 17.5. The molecule has 0 spiro atoms. The summed E-state index contributed by atoms with van der Waals surface area (Å²) in [6, 6.07) is 18.1. The lowest BCUT2D eigenvalue weighted by Crippen LogP contribution is -2.36. The van der Waals surface area contributed by atoms with E-state index in [1.165, 1.54) is 0 Å². The number of morpholine rings is 1. The molecule has 0 aromatic heterocycles. The zero-order valence-electron chi connectivity index (χ0n) is 14.8. The highest BCUT2D eigenvalue weighted by Gasteiger charge is 2.17. The molecule has 1 saturated heterocycles. The second kappa shape index (κ2) is 8.67. The molecule has 4 heteroatoms. The Labute approximate surface area is 149 Å². The quantitative estimate of drug-likeness (QED) is 0.871. The molecule has 2 aromatic carbocycles. The molecular weight excluding hydrogens is 312 g/mol. The van der Waals surface area contributed by atoms with E-state index >= 15 is 0 Å². The zero-order valence-corrected chi connectivity index (χ0v) is 14.8. The number of ether oxygens (including phenoxy) is 1. The van der Waals surface area contributed by atoms with Gasteiger partial charge in [-0.3, -0.25) is 4.79 Å². The van der Waals surface area contributed by atoms with Gasteiger partial charge in [0.05, 0.1) is 19.3 Å². The van der Waals surface area contributed by atoms with Crippen molar-refractivity contribution < 1.29 is 9.53 Å². The Kier molecular flexibility index (Phi) is 6.07. The first-order valence-corrected chi connectivity index (χ1v) is 9.06. The summed E-state index contributed by atoms with van der Waals surface area (Å²) in [5.74, 6) is -0.0163. The normalized spacial score (nSPS) is 15.6. The largest absolute Gasteiger partial charge is 0.378 e. The Hall–Kier alpha value is -2.33. The molecule has 0 bridgehead atoms. The summed E-state index contributed by atoms with van der Waals surface area (Å²) >= 11 is 0. The number of benzene rings is 2. The fraction of sp³-hybridized carbons (Fsp3) is 0.381. The number of rotatable bonds is 6. The second-order valence-corrected chi connectivity index (χ2v) is 6.38. The van der Waals surface area contributed by atoms with Crippen molar-refractivity contribution in [2.45, 2.75) is 25.8 Å². The average molecular weight is 338 g/mol. The van der Waals surface area contributed by atoms with Crippen molar-refractivity contribution >= 4 is 11.6 Å². The predicted molar refractivity (Wildman–Crippen MR) is 101 cm³/mol. The maximum Gasteiger partial charge on any atom is 0.251 e. The summed E-state index contributed by atoms with van der Waals surface area (Å²) < 4.78 is 5.41. The van der Waals surface area contributed by atoms with Crippen LogP contribution in [0.2, 0.25) is 0 Å². The van der Waals surface area contributed by atoms with Gasteiger partial charge in [0.1, 0.15) is 0 Å².